The minimum absolute atomic E-state index is 0.0689. The lowest BCUT2D eigenvalue weighted by Crippen LogP contribution is -2.44. The molecular formula is C15H24N2O4S. The van der Waals surface area contributed by atoms with Gasteiger partial charge in [0.05, 0.1) is 25.2 Å². The van der Waals surface area contributed by atoms with E-state index in [2.05, 4.69) is 16.5 Å². The highest BCUT2D eigenvalue weighted by molar-refractivity contribution is 7.88. The molecule has 1 atom stereocenters. The molecule has 124 valence electrons. The number of sulfonamides is 1. The van der Waals surface area contributed by atoms with Crippen molar-refractivity contribution >= 4 is 16.1 Å². The Labute approximate surface area is 132 Å². The van der Waals surface area contributed by atoms with E-state index in [0.717, 1.165) is 25.4 Å². The van der Waals surface area contributed by atoms with Crippen LogP contribution in [0.3, 0.4) is 0 Å². The molecule has 1 N–H and O–H groups in total. The molecule has 0 bridgehead atoms. The first-order chi connectivity index (χ1) is 10.4. The third-order valence-electron chi connectivity index (χ3n) is 3.46. The average Bonchev–Trinajstić information content (AvgIpc) is 2.90. The highest BCUT2D eigenvalue weighted by atomic mass is 32.2. The third kappa shape index (κ3) is 6.31. The van der Waals surface area contributed by atoms with Crippen molar-refractivity contribution in [2.24, 2.45) is 0 Å². The van der Waals surface area contributed by atoms with Crippen LogP contribution in [0.15, 0.2) is 28.4 Å². The number of morpholine rings is 1. The fraction of sp³-hybridized carbons (Fsp3) is 0.600. The molecule has 0 unspecified atom stereocenters. The van der Waals surface area contributed by atoms with Crippen molar-refractivity contribution in [2.45, 2.75) is 19.4 Å². The zero-order chi connectivity index (χ0) is 16.0. The molecule has 0 radical (unpaired) electrons. The normalized spacial score (nSPS) is 21.2. The van der Waals surface area contributed by atoms with Crippen molar-refractivity contribution in [3.05, 3.63) is 29.7 Å². The van der Waals surface area contributed by atoms with Crippen molar-refractivity contribution in [3.8, 4) is 0 Å². The fourth-order valence-electron chi connectivity index (χ4n) is 2.52. The van der Waals surface area contributed by atoms with Gasteiger partial charge in [-0.25, -0.2) is 13.1 Å². The second-order valence-corrected chi connectivity index (χ2v) is 7.52. The molecule has 0 aliphatic carbocycles. The lowest BCUT2D eigenvalue weighted by atomic mass is 10.1. The van der Waals surface area contributed by atoms with Crippen LogP contribution in [0.5, 0.6) is 0 Å². The molecule has 6 nitrogen and oxygen atoms in total. The largest absolute Gasteiger partial charge is 0.465 e. The molecule has 0 amide bonds. The summed E-state index contributed by atoms with van der Waals surface area (Å²) in [4.78, 5) is 2.32. The average molecular weight is 328 g/mol. The SMILES string of the molecule is C/C(=C\c1ccco1)CN1CCO[C@@H](CCNS(C)(=O)=O)C1. The van der Waals surface area contributed by atoms with Crippen LogP contribution in [0.2, 0.25) is 0 Å². The standard InChI is InChI=1S/C15H24N2O4S/c1-13(10-14-4-3-8-20-14)11-17-7-9-21-15(12-17)5-6-16-22(2,18)19/h3-4,8,10,15-16H,5-7,9,11-12H2,1-2H3/b13-10+/t15-/m0/s1. The molecular weight excluding hydrogens is 304 g/mol. The van der Waals surface area contributed by atoms with Crippen LogP contribution in [0, 0.1) is 0 Å². The van der Waals surface area contributed by atoms with E-state index in [1.165, 1.54) is 11.8 Å². The summed E-state index contributed by atoms with van der Waals surface area (Å²) < 4.78 is 35.6. The molecule has 0 saturated carbocycles. The molecule has 1 fully saturated rings. The Morgan fingerprint density at radius 3 is 3.05 bits per heavy atom. The van der Waals surface area contributed by atoms with E-state index in [-0.39, 0.29) is 6.10 Å². The van der Waals surface area contributed by atoms with Gasteiger partial charge >= 0.3 is 0 Å². The molecule has 1 aliphatic heterocycles. The van der Waals surface area contributed by atoms with Gasteiger partial charge in [-0.15, -0.1) is 0 Å². The smallest absolute Gasteiger partial charge is 0.208 e. The zero-order valence-electron chi connectivity index (χ0n) is 13.1. The molecule has 2 heterocycles. The lowest BCUT2D eigenvalue weighted by Gasteiger charge is -2.33. The Balaban J connectivity index is 1.78. The summed E-state index contributed by atoms with van der Waals surface area (Å²) in [6, 6.07) is 3.81. The van der Waals surface area contributed by atoms with Gasteiger partial charge in [-0.3, -0.25) is 4.90 Å². The number of nitrogens with one attached hydrogen (secondary N) is 1. The molecule has 2 rings (SSSR count). The molecule has 1 saturated heterocycles. The van der Waals surface area contributed by atoms with Gasteiger partial charge in [-0.05, 0) is 31.6 Å². The number of hydrogen-bond donors (Lipinski definition) is 1. The van der Waals surface area contributed by atoms with Gasteiger partial charge in [-0.1, -0.05) is 5.57 Å². The van der Waals surface area contributed by atoms with E-state index in [1.54, 1.807) is 6.26 Å². The Morgan fingerprint density at radius 2 is 2.36 bits per heavy atom. The van der Waals surface area contributed by atoms with Crippen LogP contribution < -0.4 is 4.72 Å². The molecule has 0 aromatic carbocycles. The minimum Gasteiger partial charge on any atom is -0.465 e. The maximum Gasteiger partial charge on any atom is 0.208 e. The summed E-state index contributed by atoms with van der Waals surface area (Å²) in [5.74, 6) is 0.861. The van der Waals surface area contributed by atoms with E-state index in [9.17, 15) is 8.42 Å². The van der Waals surface area contributed by atoms with E-state index < -0.39 is 10.0 Å². The van der Waals surface area contributed by atoms with Crippen LogP contribution in [-0.4, -0.2) is 58.5 Å². The predicted octanol–water partition coefficient (Wildman–Crippen LogP) is 1.32. The number of furan rings is 1. The van der Waals surface area contributed by atoms with Crippen LogP contribution >= 0.6 is 0 Å². The first kappa shape index (κ1) is 17.2. The first-order valence-corrected chi connectivity index (χ1v) is 9.31. The number of hydrogen-bond acceptors (Lipinski definition) is 5. The Kier molecular flexibility index (Phi) is 6.19. The second-order valence-electron chi connectivity index (χ2n) is 5.69. The summed E-state index contributed by atoms with van der Waals surface area (Å²) >= 11 is 0. The van der Waals surface area contributed by atoms with Gasteiger partial charge in [0.1, 0.15) is 5.76 Å². The third-order valence-corrected chi connectivity index (χ3v) is 4.19. The van der Waals surface area contributed by atoms with Crippen LogP contribution in [0.4, 0.5) is 0 Å². The summed E-state index contributed by atoms with van der Waals surface area (Å²) in [7, 11) is -3.13. The molecule has 0 spiro atoms. The summed E-state index contributed by atoms with van der Waals surface area (Å²) in [6.45, 7) is 5.74. The van der Waals surface area contributed by atoms with Crippen molar-refractivity contribution in [2.75, 3.05) is 39.0 Å². The fourth-order valence-corrected chi connectivity index (χ4v) is 3.01. The van der Waals surface area contributed by atoms with Gasteiger partial charge in [0, 0.05) is 26.2 Å². The van der Waals surface area contributed by atoms with Crippen molar-refractivity contribution in [1.29, 1.82) is 0 Å². The molecule has 1 aromatic rings. The minimum atomic E-state index is -3.13. The van der Waals surface area contributed by atoms with Gasteiger partial charge < -0.3 is 9.15 Å². The highest BCUT2D eigenvalue weighted by Crippen LogP contribution is 2.13. The summed E-state index contributed by atoms with van der Waals surface area (Å²) in [5.41, 5.74) is 1.23. The van der Waals surface area contributed by atoms with Crippen LogP contribution in [-0.2, 0) is 14.8 Å². The quantitative estimate of drug-likeness (QED) is 0.817. The van der Waals surface area contributed by atoms with Gasteiger partial charge in [0.25, 0.3) is 0 Å². The van der Waals surface area contributed by atoms with E-state index in [0.29, 0.717) is 19.6 Å². The molecule has 1 aliphatic rings. The second kappa shape index (κ2) is 7.92. The Hall–Kier alpha value is -1.15. The van der Waals surface area contributed by atoms with Crippen molar-refractivity contribution in [1.82, 2.24) is 9.62 Å². The van der Waals surface area contributed by atoms with E-state index >= 15 is 0 Å². The lowest BCUT2D eigenvalue weighted by molar-refractivity contribution is -0.0279. The van der Waals surface area contributed by atoms with Crippen LogP contribution in [0.25, 0.3) is 6.08 Å². The Bertz CT molecular complexity index is 581. The highest BCUT2D eigenvalue weighted by Gasteiger charge is 2.20. The first-order valence-electron chi connectivity index (χ1n) is 7.41. The maximum atomic E-state index is 11.1. The van der Waals surface area contributed by atoms with Crippen molar-refractivity contribution < 1.29 is 17.6 Å². The summed E-state index contributed by atoms with van der Waals surface area (Å²) in [5, 5.41) is 0. The van der Waals surface area contributed by atoms with Gasteiger partial charge in [-0.2, -0.15) is 0 Å². The monoisotopic (exact) mass is 328 g/mol. The molecule has 7 heteroatoms. The van der Waals surface area contributed by atoms with E-state index in [1.807, 2.05) is 18.2 Å². The molecule has 22 heavy (non-hydrogen) atoms. The summed E-state index contributed by atoms with van der Waals surface area (Å²) in [6.07, 6.45) is 5.63. The molecule has 1 aromatic heterocycles. The Morgan fingerprint density at radius 1 is 1.55 bits per heavy atom. The van der Waals surface area contributed by atoms with Crippen molar-refractivity contribution in [3.63, 3.8) is 0 Å². The van der Waals surface area contributed by atoms with E-state index in [4.69, 9.17) is 9.15 Å². The number of nitrogens with zero attached hydrogens (tertiary/aromatic N) is 1. The maximum absolute atomic E-state index is 11.1. The number of ether oxygens (including phenoxy) is 1. The van der Waals surface area contributed by atoms with Crippen LogP contribution in [0.1, 0.15) is 19.1 Å². The predicted molar refractivity (Wildman–Crippen MR) is 86.0 cm³/mol. The van der Waals surface area contributed by atoms with Gasteiger partial charge in [0.2, 0.25) is 10.0 Å². The number of rotatable bonds is 7. The van der Waals surface area contributed by atoms with Gasteiger partial charge in [0.15, 0.2) is 0 Å². The topological polar surface area (TPSA) is 71.8 Å². The zero-order valence-corrected chi connectivity index (χ0v) is 13.9.